The van der Waals surface area contributed by atoms with Crippen LogP contribution in [0, 0.1) is 0 Å². The second-order valence-electron chi connectivity index (χ2n) is 9.17. The SMILES string of the molecule is [2H]C1([2H])OP(=O)(O)O[C@@]2([2H])[C@@H](O)[C@H](n3cnc4c(N)ncnc43)O[C@]2([2H])C([2H])([2H])OP(=O)(O)O[C@H]2[C@H](n3cnc4c(=O)[nH]c(N)nc43)O[C@@]1([2H])[C@@]2([2H])O. The van der Waals surface area contributed by atoms with Crippen molar-refractivity contribution >= 4 is 49.7 Å². The molecule has 0 spiro atoms. The molecule has 2 unspecified atom stereocenters. The predicted molar refractivity (Wildman–Crippen MR) is 143 cm³/mol. The number of hydrogen-bond donors (Lipinski definition) is 7. The number of nitrogens with two attached hydrogens (primary N) is 2. The van der Waals surface area contributed by atoms with Gasteiger partial charge < -0.3 is 40.9 Å². The predicted octanol–water partition coefficient (Wildman–Crippen LogP) is -2.34. The summed E-state index contributed by atoms with van der Waals surface area (Å²) in [4.78, 5) is 55.4. The third-order valence-electron chi connectivity index (χ3n) is 6.35. The normalized spacial score (nSPS) is 49.1. The molecule has 0 radical (unpaired) electrons. The van der Waals surface area contributed by atoms with E-state index < -0.39 is 100 Å². The number of anilines is 2. The Bertz CT molecular complexity index is 2340. The van der Waals surface area contributed by atoms with Crippen molar-refractivity contribution in [2.75, 3.05) is 24.6 Å². The maximum Gasteiger partial charge on any atom is 0.472 e. The summed E-state index contributed by atoms with van der Waals surface area (Å²) >= 11 is 0. The molecule has 10 atom stereocenters. The molecule has 0 aromatic carbocycles. The minimum atomic E-state index is -6.48. The Morgan fingerprint density at radius 1 is 0.933 bits per heavy atom. The number of hydrogen-bond acceptors (Lipinski definition) is 18. The lowest BCUT2D eigenvalue weighted by Crippen LogP contribution is -2.36. The second kappa shape index (κ2) is 10.8. The van der Waals surface area contributed by atoms with Gasteiger partial charge in [0.05, 0.1) is 36.7 Å². The van der Waals surface area contributed by atoms with E-state index in [1.54, 1.807) is 0 Å². The van der Waals surface area contributed by atoms with Crippen molar-refractivity contribution in [1.29, 1.82) is 0 Å². The molecule has 3 aliphatic rings. The minimum absolute atomic E-state index is 0.150. The van der Waals surface area contributed by atoms with Crippen LogP contribution in [0.15, 0.2) is 23.8 Å². The third-order valence-corrected chi connectivity index (χ3v) is 7.92. The lowest BCUT2D eigenvalue weighted by Gasteiger charge is -2.25. The maximum absolute atomic E-state index is 13.6. The van der Waals surface area contributed by atoms with Crippen LogP contribution in [0.5, 0.6) is 0 Å². The fourth-order valence-electron chi connectivity index (χ4n) is 4.47. The number of phosphoric ester groups is 2. The number of phosphoric acid groups is 2. The van der Waals surface area contributed by atoms with Crippen molar-refractivity contribution in [3.8, 4) is 0 Å². The third kappa shape index (κ3) is 5.31. The van der Waals surface area contributed by atoms with Gasteiger partial charge in [-0.05, 0) is 0 Å². The van der Waals surface area contributed by atoms with Gasteiger partial charge in [-0.2, -0.15) is 4.98 Å². The molecule has 25 heteroatoms. The first-order chi connectivity index (χ1) is 24.2. The van der Waals surface area contributed by atoms with E-state index in [1.165, 1.54) is 0 Å². The highest BCUT2D eigenvalue weighted by molar-refractivity contribution is 7.47. The molecule has 9 N–H and O–H groups in total. The van der Waals surface area contributed by atoms with Crippen molar-refractivity contribution in [2.24, 2.45) is 0 Å². The van der Waals surface area contributed by atoms with Crippen LogP contribution in [-0.4, -0.2) is 109 Å². The topological polar surface area (TPSA) is 330 Å². The fourth-order valence-corrected chi connectivity index (χ4v) is 5.87. The van der Waals surface area contributed by atoms with Gasteiger partial charge in [0.25, 0.3) is 5.56 Å². The number of aromatic nitrogens is 8. The van der Waals surface area contributed by atoms with Gasteiger partial charge in [0.2, 0.25) is 5.95 Å². The average molecular weight is 682 g/mol. The van der Waals surface area contributed by atoms with E-state index in [1.807, 2.05) is 0 Å². The highest BCUT2D eigenvalue weighted by atomic mass is 31.2. The number of rotatable bonds is 2. The van der Waals surface area contributed by atoms with Crippen molar-refractivity contribution in [3.63, 3.8) is 0 Å². The summed E-state index contributed by atoms with van der Waals surface area (Å²) in [6.45, 7) is -8.61. The average Bonchev–Trinajstić information content (AvgIpc) is 3.72. The smallest absolute Gasteiger partial charge is 0.387 e. The first-order valence-corrected chi connectivity index (χ1v) is 15.1. The van der Waals surface area contributed by atoms with E-state index >= 15 is 0 Å². The number of fused-ring (bicyclic) bond motifs is 5. The molecule has 0 amide bonds. The van der Waals surface area contributed by atoms with Crippen LogP contribution in [-0.2, 0) is 36.7 Å². The van der Waals surface area contributed by atoms with Gasteiger partial charge in [-0.1, -0.05) is 0 Å². The van der Waals surface area contributed by atoms with Gasteiger partial charge >= 0.3 is 15.6 Å². The zero-order valence-corrected chi connectivity index (χ0v) is 23.5. The summed E-state index contributed by atoms with van der Waals surface area (Å²) in [7, 11) is -12.8. The first kappa shape index (κ1) is 22.1. The van der Waals surface area contributed by atoms with Gasteiger partial charge in [-0.25, -0.2) is 29.1 Å². The van der Waals surface area contributed by atoms with E-state index in [2.05, 4.69) is 39.0 Å². The summed E-state index contributed by atoms with van der Waals surface area (Å²) in [5.74, 6) is -0.782. The van der Waals surface area contributed by atoms with E-state index in [9.17, 15) is 33.9 Å². The van der Waals surface area contributed by atoms with Crippen LogP contribution < -0.4 is 17.0 Å². The number of ether oxygens (including phenoxy) is 2. The summed E-state index contributed by atoms with van der Waals surface area (Å²) in [6.07, 6.45) is -24.3. The van der Waals surface area contributed by atoms with Crippen molar-refractivity contribution < 1.29 is 67.7 Å². The summed E-state index contributed by atoms with van der Waals surface area (Å²) in [5, 5.41) is 22.7. The van der Waals surface area contributed by atoms with Crippen LogP contribution in [0.1, 0.15) is 23.4 Å². The fraction of sp³-hybridized carbons (Fsp3) is 0.500. The molecule has 3 aliphatic heterocycles. The molecule has 3 fully saturated rings. The number of aromatic amines is 1. The van der Waals surface area contributed by atoms with Crippen LogP contribution in [0.25, 0.3) is 22.3 Å². The Morgan fingerprint density at radius 2 is 1.58 bits per heavy atom. The minimum Gasteiger partial charge on any atom is -0.387 e. The molecule has 7 rings (SSSR count). The van der Waals surface area contributed by atoms with Gasteiger partial charge in [0, 0.05) is 0 Å². The van der Waals surface area contributed by atoms with Gasteiger partial charge in [-0.3, -0.25) is 37.0 Å². The number of H-pyrrole nitrogens is 1. The van der Waals surface area contributed by atoms with Crippen LogP contribution >= 0.6 is 15.6 Å². The van der Waals surface area contributed by atoms with Gasteiger partial charge in [-0.15, -0.1) is 0 Å². The molecule has 7 heterocycles. The molecule has 45 heavy (non-hydrogen) atoms. The lowest BCUT2D eigenvalue weighted by atomic mass is 10.1. The largest absolute Gasteiger partial charge is 0.472 e. The molecule has 0 saturated carbocycles. The van der Waals surface area contributed by atoms with Crippen LogP contribution in [0.2, 0.25) is 0 Å². The zero-order valence-electron chi connectivity index (χ0n) is 29.7. The molecule has 242 valence electrons. The molecular weight excluding hydrogens is 650 g/mol. The summed E-state index contributed by atoms with van der Waals surface area (Å²) < 4.78 is 127. The summed E-state index contributed by atoms with van der Waals surface area (Å²) in [6, 6.07) is 0. The number of aliphatic hydroxyl groups excluding tert-OH is 1. The Hall–Kier alpha value is -3.44. The highest BCUT2D eigenvalue weighted by Crippen LogP contribution is 2.53. The van der Waals surface area contributed by atoms with Crippen LogP contribution in [0.3, 0.4) is 0 Å². The van der Waals surface area contributed by atoms with Crippen LogP contribution in [0.4, 0.5) is 11.8 Å². The molecule has 0 aliphatic carbocycles. The number of aliphatic hydroxyl groups is 2. The number of imidazole rings is 2. The Kier molecular flexibility index (Phi) is 5.33. The van der Waals surface area contributed by atoms with Crippen molar-refractivity contribution in [2.45, 2.75) is 49.0 Å². The summed E-state index contributed by atoms with van der Waals surface area (Å²) in [5.41, 5.74) is 8.87. The second-order valence-corrected chi connectivity index (χ2v) is 11.8. The number of nitrogens with one attached hydrogen (secondary N) is 1. The van der Waals surface area contributed by atoms with E-state index in [0.29, 0.717) is 10.9 Å². The molecule has 4 aromatic rings. The Balaban J connectivity index is 1.40. The number of nitrogen functional groups attached to an aromatic ring is 2. The van der Waals surface area contributed by atoms with Crippen molar-refractivity contribution in [1.82, 2.24) is 39.0 Å². The molecule has 2 bridgehead atoms. The molecule has 23 nitrogen and oxygen atoms in total. The standard InChI is InChI=1S/C20H24N10O13P2/c21-14-8-15(24-3-23-14)29(4-25-8)18-11(32)12-7(41-18)2-39-45(36,37)43-13-10(31)6(1-38-44(34,35)42-12)40-19(13)30-5-26-9-16(30)27-20(22)28-17(9)33/h3-7,10-13,18-19,31-32H,1-2H2,(H,34,35)(H,36,37)(H2,21,23,24)(H3,22,27,28,33)/t6-,7-,10-,11-,12-,13-,18-,19-/m1/s1/i1D2,2D2,6D,7D,10D,12D. The maximum atomic E-state index is 13.6. The van der Waals surface area contributed by atoms with Crippen molar-refractivity contribution in [3.05, 3.63) is 29.3 Å². The number of nitrogens with zero attached hydrogens (tertiary/aromatic N) is 7. The zero-order chi connectivity index (χ0) is 39.1. The molecular formula is C20H24N10O13P2. The van der Waals surface area contributed by atoms with E-state index in [0.717, 1.165) is 17.2 Å². The van der Waals surface area contributed by atoms with Gasteiger partial charge in [0.1, 0.15) is 48.4 Å². The van der Waals surface area contributed by atoms with Gasteiger partial charge in [0.15, 0.2) is 35.1 Å². The molecule has 4 aromatic heterocycles. The monoisotopic (exact) mass is 682 g/mol. The Morgan fingerprint density at radius 3 is 2.33 bits per heavy atom. The van der Waals surface area contributed by atoms with E-state index in [4.69, 9.17) is 41.0 Å². The first-order valence-electron chi connectivity index (χ1n) is 16.1. The Labute approximate surface area is 260 Å². The highest BCUT2D eigenvalue weighted by Gasteiger charge is 2.54. The quantitative estimate of drug-likeness (QED) is 0.109. The lowest BCUT2D eigenvalue weighted by molar-refractivity contribution is -0.0672. The van der Waals surface area contributed by atoms with E-state index in [-0.39, 0.29) is 17.0 Å². The molecule has 3 saturated heterocycles.